The van der Waals surface area contributed by atoms with E-state index in [0.29, 0.717) is 13.1 Å². The van der Waals surface area contributed by atoms with Crippen molar-refractivity contribution in [3.05, 3.63) is 30.1 Å². The molecule has 1 aliphatic heterocycles. The predicted molar refractivity (Wildman–Crippen MR) is 74.6 cm³/mol. The van der Waals surface area contributed by atoms with Crippen molar-refractivity contribution in [2.45, 2.75) is 13.5 Å². The van der Waals surface area contributed by atoms with Crippen LogP contribution in [0.25, 0.3) is 0 Å². The molecule has 0 unspecified atom stereocenters. The number of carbonyl (C=O) groups is 1. The Labute approximate surface area is 114 Å². The van der Waals surface area contributed by atoms with E-state index in [1.165, 1.54) is 0 Å². The van der Waals surface area contributed by atoms with Crippen molar-refractivity contribution in [3.8, 4) is 0 Å². The summed E-state index contributed by atoms with van der Waals surface area (Å²) < 4.78 is 0. The van der Waals surface area contributed by atoms with Gasteiger partial charge in [-0.2, -0.15) is 0 Å². The van der Waals surface area contributed by atoms with Crippen LogP contribution in [0.5, 0.6) is 0 Å². The van der Waals surface area contributed by atoms with Gasteiger partial charge in [0.25, 0.3) is 0 Å². The highest BCUT2D eigenvalue weighted by molar-refractivity contribution is 5.78. The Balaban J connectivity index is 1.67. The number of nitrogens with one attached hydrogen (secondary N) is 1. The summed E-state index contributed by atoms with van der Waals surface area (Å²) >= 11 is 0. The highest BCUT2D eigenvalue weighted by Crippen LogP contribution is 2.00. The second-order valence-corrected chi connectivity index (χ2v) is 4.85. The Morgan fingerprint density at radius 2 is 2.05 bits per heavy atom. The van der Waals surface area contributed by atoms with Crippen molar-refractivity contribution >= 4 is 5.91 Å². The molecule has 0 radical (unpaired) electrons. The fraction of sp³-hybridized carbons (Fsp3) is 0.571. The molecule has 0 aromatic carbocycles. The van der Waals surface area contributed by atoms with Crippen LogP contribution in [0, 0.1) is 0 Å². The number of hydrogen-bond donors (Lipinski definition) is 1. The molecular weight excluding hydrogens is 240 g/mol. The van der Waals surface area contributed by atoms with E-state index in [9.17, 15) is 4.79 Å². The number of hydrogen-bond acceptors (Lipinski definition) is 4. The number of pyridine rings is 1. The highest BCUT2D eigenvalue weighted by atomic mass is 16.2. The first-order valence-corrected chi connectivity index (χ1v) is 6.88. The fourth-order valence-electron chi connectivity index (χ4n) is 2.23. The fourth-order valence-corrected chi connectivity index (χ4v) is 2.23. The molecule has 1 aromatic rings. The van der Waals surface area contributed by atoms with Crippen LogP contribution < -0.4 is 5.32 Å². The second kappa shape index (κ2) is 7.21. The third-order valence-corrected chi connectivity index (χ3v) is 3.49. The van der Waals surface area contributed by atoms with Gasteiger partial charge in [-0.3, -0.25) is 14.7 Å². The predicted octanol–water partition coefficient (Wildman–Crippen LogP) is 0.335. The minimum Gasteiger partial charge on any atom is -0.351 e. The van der Waals surface area contributed by atoms with Crippen LogP contribution in [-0.4, -0.2) is 60.0 Å². The third kappa shape index (κ3) is 4.61. The number of likely N-dealkylation sites (N-methyl/N-ethyl adjacent to an activating group) is 1. The van der Waals surface area contributed by atoms with Crippen molar-refractivity contribution in [1.29, 1.82) is 0 Å². The van der Waals surface area contributed by atoms with Crippen molar-refractivity contribution in [2.75, 3.05) is 39.3 Å². The Morgan fingerprint density at radius 3 is 2.68 bits per heavy atom. The molecule has 5 nitrogen and oxygen atoms in total. The first-order valence-electron chi connectivity index (χ1n) is 6.88. The van der Waals surface area contributed by atoms with Crippen molar-refractivity contribution in [1.82, 2.24) is 20.1 Å². The van der Waals surface area contributed by atoms with Crippen LogP contribution in [0.3, 0.4) is 0 Å². The minimum absolute atomic E-state index is 0.0915. The van der Waals surface area contributed by atoms with E-state index in [2.05, 4.69) is 27.0 Å². The van der Waals surface area contributed by atoms with E-state index in [1.807, 2.05) is 12.1 Å². The Hall–Kier alpha value is -1.46. The van der Waals surface area contributed by atoms with Gasteiger partial charge >= 0.3 is 0 Å². The molecule has 2 heterocycles. The third-order valence-electron chi connectivity index (χ3n) is 3.49. The second-order valence-electron chi connectivity index (χ2n) is 4.85. The average molecular weight is 262 g/mol. The molecule has 0 bridgehead atoms. The van der Waals surface area contributed by atoms with Crippen LogP contribution in [0.2, 0.25) is 0 Å². The first kappa shape index (κ1) is 14.0. The SMILES string of the molecule is CCN1CCN(CC(=O)NCc2cccnc2)CC1. The number of nitrogens with zero attached hydrogens (tertiary/aromatic N) is 3. The topological polar surface area (TPSA) is 48.5 Å². The number of rotatable bonds is 5. The van der Waals surface area contributed by atoms with Crippen LogP contribution in [-0.2, 0) is 11.3 Å². The molecule has 1 fully saturated rings. The molecule has 0 spiro atoms. The molecule has 0 atom stereocenters. The molecule has 1 N–H and O–H groups in total. The molecule has 1 aromatic heterocycles. The summed E-state index contributed by atoms with van der Waals surface area (Å²) in [4.78, 5) is 20.5. The van der Waals surface area contributed by atoms with Gasteiger partial charge in [-0.05, 0) is 18.2 Å². The molecule has 1 aliphatic rings. The van der Waals surface area contributed by atoms with Gasteiger partial charge in [0, 0.05) is 45.1 Å². The van der Waals surface area contributed by atoms with Crippen LogP contribution >= 0.6 is 0 Å². The number of amides is 1. The van der Waals surface area contributed by atoms with Crippen LogP contribution in [0.15, 0.2) is 24.5 Å². The molecule has 2 rings (SSSR count). The number of carbonyl (C=O) groups excluding carboxylic acids is 1. The number of aromatic nitrogens is 1. The quantitative estimate of drug-likeness (QED) is 0.831. The van der Waals surface area contributed by atoms with E-state index in [1.54, 1.807) is 12.4 Å². The summed E-state index contributed by atoms with van der Waals surface area (Å²) in [5.41, 5.74) is 1.03. The maximum absolute atomic E-state index is 11.8. The lowest BCUT2D eigenvalue weighted by Gasteiger charge is -2.33. The smallest absolute Gasteiger partial charge is 0.234 e. The normalized spacial score (nSPS) is 17.3. The lowest BCUT2D eigenvalue weighted by molar-refractivity contribution is -0.122. The van der Waals surface area contributed by atoms with Crippen molar-refractivity contribution < 1.29 is 4.79 Å². The summed E-state index contributed by atoms with van der Waals surface area (Å²) in [6, 6.07) is 3.85. The molecule has 0 aliphatic carbocycles. The van der Waals surface area contributed by atoms with Gasteiger partial charge in [0.05, 0.1) is 6.54 Å². The highest BCUT2D eigenvalue weighted by Gasteiger charge is 2.17. The maximum atomic E-state index is 11.8. The van der Waals surface area contributed by atoms with E-state index >= 15 is 0 Å². The zero-order chi connectivity index (χ0) is 13.5. The molecule has 5 heteroatoms. The van der Waals surface area contributed by atoms with E-state index in [0.717, 1.165) is 38.3 Å². The largest absolute Gasteiger partial charge is 0.351 e. The average Bonchev–Trinajstić information content (AvgIpc) is 2.47. The molecule has 104 valence electrons. The molecule has 19 heavy (non-hydrogen) atoms. The van der Waals surface area contributed by atoms with Crippen molar-refractivity contribution in [2.24, 2.45) is 0 Å². The van der Waals surface area contributed by atoms with E-state index in [-0.39, 0.29) is 5.91 Å². The molecule has 0 saturated carbocycles. The zero-order valence-corrected chi connectivity index (χ0v) is 11.5. The van der Waals surface area contributed by atoms with Gasteiger partial charge in [-0.15, -0.1) is 0 Å². The van der Waals surface area contributed by atoms with Crippen LogP contribution in [0.4, 0.5) is 0 Å². The lowest BCUT2D eigenvalue weighted by atomic mass is 10.3. The Kier molecular flexibility index (Phi) is 5.30. The monoisotopic (exact) mass is 262 g/mol. The Morgan fingerprint density at radius 1 is 1.32 bits per heavy atom. The van der Waals surface area contributed by atoms with Gasteiger partial charge in [0.1, 0.15) is 0 Å². The summed E-state index contributed by atoms with van der Waals surface area (Å²) in [5.74, 6) is 0.0915. The van der Waals surface area contributed by atoms with Gasteiger partial charge in [-0.25, -0.2) is 0 Å². The summed E-state index contributed by atoms with van der Waals surface area (Å²) in [6.07, 6.45) is 3.51. The summed E-state index contributed by atoms with van der Waals surface area (Å²) in [6.45, 7) is 8.41. The molecule has 1 saturated heterocycles. The molecular formula is C14H22N4O. The van der Waals surface area contributed by atoms with Gasteiger partial charge in [0.2, 0.25) is 5.91 Å². The van der Waals surface area contributed by atoms with Gasteiger partial charge in [0.15, 0.2) is 0 Å². The van der Waals surface area contributed by atoms with Gasteiger partial charge in [-0.1, -0.05) is 13.0 Å². The molecule has 1 amide bonds. The van der Waals surface area contributed by atoms with Gasteiger partial charge < -0.3 is 10.2 Å². The van der Waals surface area contributed by atoms with Crippen LogP contribution in [0.1, 0.15) is 12.5 Å². The standard InChI is InChI=1S/C14H22N4O/c1-2-17-6-8-18(9-7-17)12-14(19)16-11-13-4-3-5-15-10-13/h3-5,10H,2,6-9,11-12H2,1H3,(H,16,19). The Bertz CT molecular complexity index is 388. The maximum Gasteiger partial charge on any atom is 0.234 e. The minimum atomic E-state index is 0.0915. The zero-order valence-electron chi connectivity index (χ0n) is 11.5. The summed E-state index contributed by atoms with van der Waals surface area (Å²) in [7, 11) is 0. The van der Waals surface area contributed by atoms with E-state index in [4.69, 9.17) is 0 Å². The van der Waals surface area contributed by atoms with Crippen molar-refractivity contribution in [3.63, 3.8) is 0 Å². The number of piperazine rings is 1. The lowest BCUT2D eigenvalue weighted by Crippen LogP contribution is -2.49. The van der Waals surface area contributed by atoms with E-state index < -0.39 is 0 Å². The summed E-state index contributed by atoms with van der Waals surface area (Å²) in [5, 5.41) is 2.94. The first-order chi connectivity index (χ1) is 9.28.